The molecule has 0 bridgehead atoms. The van der Waals surface area contributed by atoms with E-state index in [-0.39, 0.29) is 23.1 Å². The number of hydrogen-bond donors (Lipinski definition) is 3. The van der Waals surface area contributed by atoms with Gasteiger partial charge < -0.3 is 25.4 Å². The second kappa shape index (κ2) is 12.4. The molecule has 13 heteroatoms. The van der Waals surface area contributed by atoms with Gasteiger partial charge in [0, 0.05) is 40.3 Å². The lowest BCUT2D eigenvalue weighted by atomic mass is 10.2. The third-order valence-electron chi connectivity index (χ3n) is 6.29. The van der Waals surface area contributed by atoms with Crippen molar-refractivity contribution in [2.75, 3.05) is 35.7 Å². The van der Waals surface area contributed by atoms with Gasteiger partial charge in [0.15, 0.2) is 11.6 Å². The average Bonchev–Trinajstić information content (AvgIpc) is 2.99. The molecule has 1 aromatic heterocycles. The summed E-state index contributed by atoms with van der Waals surface area (Å²) in [6, 6.07) is 25.1. The minimum atomic E-state index is -4.21. The van der Waals surface area contributed by atoms with Gasteiger partial charge in [-0.15, -0.1) is 0 Å². The second-order valence-electron chi connectivity index (χ2n) is 9.27. The standard InChI is InChI=1S/C30H27ClN6O5S/c1-41-23-14-20(15-24(17-23)42-2)33-29-30(35-27-12-4-3-11-26(27)34-29)36-43(39,40)25-10-6-9-22(16-25)37(18-28(32)38)21-8-5-7-19(31)13-21/h3-17H,18H2,1-2H3,(H2,32,38)(H,33,34)(H,35,36). The Morgan fingerprint density at radius 2 is 1.44 bits per heavy atom. The summed E-state index contributed by atoms with van der Waals surface area (Å²) in [4.78, 5) is 22.6. The van der Waals surface area contributed by atoms with E-state index in [2.05, 4.69) is 20.0 Å². The Labute approximate surface area is 253 Å². The number of rotatable bonds is 11. The number of methoxy groups -OCH3 is 2. The van der Waals surface area contributed by atoms with Crippen LogP contribution in [0.5, 0.6) is 11.5 Å². The fourth-order valence-electron chi connectivity index (χ4n) is 4.31. The maximum Gasteiger partial charge on any atom is 0.263 e. The Morgan fingerprint density at radius 3 is 2.05 bits per heavy atom. The molecule has 0 saturated carbocycles. The SMILES string of the molecule is COc1cc(Nc2nc3ccccc3nc2NS(=O)(=O)c2cccc(N(CC(N)=O)c3cccc(Cl)c3)c2)cc(OC)c1. The number of carbonyl (C=O) groups is 1. The van der Waals surface area contributed by atoms with Gasteiger partial charge in [-0.2, -0.15) is 0 Å². The Morgan fingerprint density at radius 1 is 0.837 bits per heavy atom. The summed E-state index contributed by atoms with van der Waals surface area (Å²) < 4.78 is 40.8. The van der Waals surface area contributed by atoms with Gasteiger partial charge in [0.25, 0.3) is 10.0 Å². The lowest BCUT2D eigenvalue weighted by Gasteiger charge is -2.24. The number of amides is 1. The van der Waals surface area contributed by atoms with E-state index in [9.17, 15) is 13.2 Å². The molecule has 4 N–H and O–H groups in total. The van der Waals surface area contributed by atoms with E-state index in [0.29, 0.717) is 44.6 Å². The molecule has 43 heavy (non-hydrogen) atoms. The van der Waals surface area contributed by atoms with Crippen molar-refractivity contribution in [1.29, 1.82) is 0 Å². The summed E-state index contributed by atoms with van der Waals surface area (Å²) in [5.41, 5.74) is 8.05. The van der Waals surface area contributed by atoms with Crippen LogP contribution in [0.3, 0.4) is 0 Å². The zero-order valence-corrected chi connectivity index (χ0v) is 24.7. The molecule has 5 rings (SSSR count). The summed E-state index contributed by atoms with van der Waals surface area (Å²) in [6.45, 7) is -0.203. The molecule has 0 spiro atoms. The Bertz CT molecular complexity index is 1900. The number of primary amides is 1. The fourth-order valence-corrected chi connectivity index (χ4v) is 5.54. The zero-order chi connectivity index (χ0) is 30.6. The van der Waals surface area contributed by atoms with Crippen LogP contribution in [0.25, 0.3) is 11.0 Å². The van der Waals surface area contributed by atoms with Crippen LogP contribution in [-0.2, 0) is 14.8 Å². The number of nitrogens with zero attached hydrogens (tertiary/aromatic N) is 3. The van der Waals surface area contributed by atoms with Crippen molar-refractivity contribution in [2.45, 2.75) is 4.90 Å². The molecule has 0 aliphatic carbocycles. The first-order chi connectivity index (χ1) is 20.6. The van der Waals surface area contributed by atoms with Crippen LogP contribution in [0.2, 0.25) is 5.02 Å². The predicted molar refractivity (Wildman–Crippen MR) is 167 cm³/mol. The van der Waals surface area contributed by atoms with Crippen molar-refractivity contribution in [2.24, 2.45) is 5.73 Å². The van der Waals surface area contributed by atoms with Crippen LogP contribution in [0.4, 0.5) is 28.7 Å². The first-order valence-electron chi connectivity index (χ1n) is 12.9. The van der Waals surface area contributed by atoms with Crippen molar-refractivity contribution in [3.8, 4) is 11.5 Å². The fraction of sp³-hybridized carbons (Fsp3) is 0.100. The molecule has 5 aromatic rings. The highest BCUT2D eigenvalue weighted by atomic mass is 35.5. The van der Waals surface area contributed by atoms with Crippen LogP contribution >= 0.6 is 11.6 Å². The molecule has 0 atom stereocenters. The molecule has 1 amide bonds. The van der Waals surface area contributed by atoms with E-state index in [0.717, 1.165) is 0 Å². The van der Waals surface area contributed by atoms with E-state index >= 15 is 0 Å². The van der Waals surface area contributed by atoms with Crippen molar-refractivity contribution < 1.29 is 22.7 Å². The highest BCUT2D eigenvalue weighted by Crippen LogP contribution is 2.33. The Kier molecular flexibility index (Phi) is 8.51. The number of carbonyl (C=O) groups excluding carboxylic acids is 1. The minimum Gasteiger partial charge on any atom is -0.497 e. The number of sulfonamides is 1. The van der Waals surface area contributed by atoms with E-state index < -0.39 is 15.9 Å². The molecular formula is C30H27ClN6O5S. The maximum atomic E-state index is 13.8. The molecule has 11 nitrogen and oxygen atoms in total. The van der Waals surface area contributed by atoms with E-state index in [1.807, 2.05) is 6.07 Å². The Balaban J connectivity index is 1.54. The molecule has 4 aromatic carbocycles. The molecule has 1 heterocycles. The quantitative estimate of drug-likeness (QED) is 0.175. The topological polar surface area (TPSA) is 149 Å². The molecule has 0 saturated heterocycles. The van der Waals surface area contributed by atoms with E-state index in [4.69, 9.17) is 26.8 Å². The summed E-state index contributed by atoms with van der Waals surface area (Å²) >= 11 is 6.17. The number of nitrogens with two attached hydrogens (primary N) is 1. The van der Waals surface area contributed by atoms with Crippen LogP contribution in [0.1, 0.15) is 0 Å². The summed E-state index contributed by atoms with van der Waals surface area (Å²) in [6.07, 6.45) is 0. The highest BCUT2D eigenvalue weighted by molar-refractivity contribution is 7.92. The number of ether oxygens (including phenoxy) is 2. The van der Waals surface area contributed by atoms with Crippen molar-refractivity contribution >= 4 is 67.3 Å². The number of halogens is 1. The van der Waals surface area contributed by atoms with Crippen molar-refractivity contribution in [1.82, 2.24) is 9.97 Å². The van der Waals surface area contributed by atoms with Crippen LogP contribution in [0.15, 0.2) is 95.9 Å². The third-order valence-corrected chi connectivity index (χ3v) is 7.86. The first kappa shape index (κ1) is 29.4. The normalized spacial score (nSPS) is 11.1. The molecule has 220 valence electrons. The summed E-state index contributed by atoms with van der Waals surface area (Å²) in [7, 11) is -1.15. The van der Waals surface area contributed by atoms with Gasteiger partial charge in [-0.25, -0.2) is 18.4 Å². The van der Waals surface area contributed by atoms with Gasteiger partial charge in [-0.1, -0.05) is 35.9 Å². The number of benzene rings is 4. The van der Waals surface area contributed by atoms with E-state index in [1.165, 1.54) is 26.4 Å². The monoisotopic (exact) mass is 618 g/mol. The lowest BCUT2D eigenvalue weighted by Crippen LogP contribution is -2.30. The van der Waals surface area contributed by atoms with Gasteiger partial charge in [-0.05, 0) is 48.5 Å². The van der Waals surface area contributed by atoms with Gasteiger partial charge in [0.2, 0.25) is 5.91 Å². The number of hydrogen-bond acceptors (Lipinski definition) is 9. The summed E-state index contributed by atoms with van der Waals surface area (Å²) in [5, 5.41) is 3.58. The van der Waals surface area contributed by atoms with Gasteiger partial charge >= 0.3 is 0 Å². The van der Waals surface area contributed by atoms with Gasteiger partial charge in [0.1, 0.15) is 18.0 Å². The van der Waals surface area contributed by atoms with Gasteiger partial charge in [0.05, 0.1) is 30.1 Å². The molecule has 0 unspecified atom stereocenters. The van der Waals surface area contributed by atoms with Gasteiger partial charge in [-0.3, -0.25) is 9.52 Å². The summed E-state index contributed by atoms with van der Waals surface area (Å²) in [5.74, 6) is 0.560. The smallest absolute Gasteiger partial charge is 0.263 e. The molecule has 0 fully saturated rings. The maximum absolute atomic E-state index is 13.8. The van der Waals surface area contributed by atoms with Crippen molar-refractivity contribution in [3.05, 3.63) is 96.0 Å². The second-order valence-corrected chi connectivity index (χ2v) is 11.4. The number of nitrogens with one attached hydrogen (secondary N) is 2. The molecule has 0 radical (unpaired) electrons. The van der Waals surface area contributed by atoms with Crippen LogP contribution in [0, 0.1) is 0 Å². The highest BCUT2D eigenvalue weighted by Gasteiger charge is 2.22. The van der Waals surface area contributed by atoms with Crippen LogP contribution in [-0.4, -0.2) is 45.1 Å². The number of para-hydroxylation sites is 2. The number of fused-ring (bicyclic) bond motifs is 1. The first-order valence-corrected chi connectivity index (χ1v) is 14.7. The molecule has 0 aliphatic heterocycles. The van der Waals surface area contributed by atoms with Crippen LogP contribution < -0.4 is 30.1 Å². The average molecular weight is 619 g/mol. The third kappa shape index (κ3) is 6.88. The minimum absolute atomic E-state index is 0.0327. The lowest BCUT2D eigenvalue weighted by molar-refractivity contribution is -0.116. The number of anilines is 5. The van der Waals surface area contributed by atoms with E-state index in [1.54, 1.807) is 77.7 Å². The predicted octanol–water partition coefficient (Wildman–Crippen LogP) is 5.47. The number of aromatic nitrogens is 2. The zero-order valence-electron chi connectivity index (χ0n) is 23.1. The van der Waals surface area contributed by atoms with Crippen molar-refractivity contribution in [3.63, 3.8) is 0 Å². The molecule has 0 aliphatic rings. The largest absolute Gasteiger partial charge is 0.497 e. The molecular weight excluding hydrogens is 592 g/mol. The Hall–Kier alpha value is -5.07.